The van der Waals surface area contributed by atoms with E-state index in [-0.39, 0.29) is 18.9 Å². The number of carbonyl (C=O) groups is 2. The number of amides is 1. The van der Waals surface area contributed by atoms with Crippen LogP contribution in [-0.4, -0.2) is 30.1 Å². The predicted molar refractivity (Wildman–Crippen MR) is 67.2 cm³/mol. The number of carboxylic acid groups (broad SMARTS) is 1. The van der Waals surface area contributed by atoms with Gasteiger partial charge >= 0.3 is 5.97 Å². The fourth-order valence-electron chi connectivity index (χ4n) is 1.27. The second-order valence-electron chi connectivity index (χ2n) is 3.62. The van der Waals surface area contributed by atoms with Crippen molar-refractivity contribution in [2.75, 3.05) is 13.2 Å². The summed E-state index contributed by atoms with van der Waals surface area (Å²) in [6, 6.07) is 5.31. The zero-order valence-electron chi connectivity index (χ0n) is 10.3. The molecule has 0 aliphatic carbocycles. The summed E-state index contributed by atoms with van der Waals surface area (Å²) in [6.45, 7) is -0.509. The predicted octanol–water partition coefficient (Wildman–Crippen LogP) is 0.942. The van der Waals surface area contributed by atoms with E-state index in [2.05, 4.69) is 5.32 Å². The molecule has 0 saturated carbocycles. The first-order chi connectivity index (χ1) is 9.51. The van der Waals surface area contributed by atoms with Crippen molar-refractivity contribution in [2.45, 2.75) is 0 Å². The molecule has 7 heteroatoms. The van der Waals surface area contributed by atoms with E-state index in [1.54, 1.807) is 6.07 Å². The fourth-order valence-corrected chi connectivity index (χ4v) is 1.27. The minimum Gasteiger partial charge on any atom is -0.484 e. The highest BCUT2D eigenvalue weighted by atomic mass is 19.1. The van der Waals surface area contributed by atoms with Gasteiger partial charge in [-0.3, -0.25) is 4.79 Å². The normalized spacial score (nSPS) is 10.0. The molecule has 0 bridgehead atoms. The number of hydrogen-bond acceptors (Lipinski definition) is 4. The second-order valence-corrected chi connectivity index (χ2v) is 3.62. The number of aliphatic carboxylic acids is 1. The zero-order chi connectivity index (χ0) is 15.0. The molecule has 0 atom stereocenters. The van der Waals surface area contributed by atoms with Crippen LogP contribution in [0.1, 0.15) is 5.56 Å². The number of nitrogens with one attached hydrogen (secondary N) is 1. The lowest BCUT2D eigenvalue weighted by molar-refractivity contribution is -0.131. The van der Waals surface area contributed by atoms with Gasteiger partial charge in [-0.2, -0.15) is 5.26 Å². The fraction of sp³-hybridized carbons (Fsp3) is 0.154. The maximum Gasteiger partial charge on any atom is 0.328 e. The van der Waals surface area contributed by atoms with Crippen LogP contribution in [0.25, 0.3) is 6.08 Å². The first kappa shape index (κ1) is 15.2. The van der Waals surface area contributed by atoms with Gasteiger partial charge in [0.2, 0.25) is 0 Å². The van der Waals surface area contributed by atoms with Crippen LogP contribution in [0, 0.1) is 17.1 Å². The molecule has 1 aromatic rings. The van der Waals surface area contributed by atoms with E-state index < -0.39 is 17.7 Å². The molecule has 0 heterocycles. The molecule has 0 aliphatic heterocycles. The number of ether oxygens (including phenoxy) is 1. The molecule has 1 rings (SSSR count). The Hall–Kier alpha value is -2.88. The van der Waals surface area contributed by atoms with Crippen molar-refractivity contribution < 1.29 is 23.8 Å². The van der Waals surface area contributed by atoms with Crippen LogP contribution in [0.4, 0.5) is 4.39 Å². The van der Waals surface area contributed by atoms with Gasteiger partial charge < -0.3 is 15.2 Å². The third kappa shape index (κ3) is 5.64. The smallest absolute Gasteiger partial charge is 0.328 e. The monoisotopic (exact) mass is 278 g/mol. The standard InChI is InChI=1S/C13H11FN2O4/c14-10-5-9(1-2-13(18)19)6-11(7-10)20-8-12(17)16-4-3-15/h1-2,5-7H,4,8H2,(H,16,17)(H,18,19)/b2-1+. The topological polar surface area (TPSA) is 99.4 Å². The molecule has 2 N–H and O–H groups in total. The minimum atomic E-state index is -1.16. The maximum absolute atomic E-state index is 13.3. The number of rotatable bonds is 6. The van der Waals surface area contributed by atoms with Crippen LogP contribution in [0.15, 0.2) is 24.3 Å². The summed E-state index contributed by atoms with van der Waals surface area (Å²) >= 11 is 0. The van der Waals surface area contributed by atoms with Crippen molar-refractivity contribution in [1.29, 1.82) is 5.26 Å². The molecule has 0 fully saturated rings. The van der Waals surface area contributed by atoms with Gasteiger partial charge in [0.1, 0.15) is 18.1 Å². The van der Waals surface area contributed by atoms with Crippen LogP contribution >= 0.6 is 0 Å². The number of carboxylic acids is 1. The van der Waals surface area contributed by atoms with Gasteiger partial charge in [-0.05, 0) is 23.8 Å². The Bertz CT molecular complexity index is 578. The molecule has 1 aromatic carbocycles. The lowest BCUT2D eigenvalue weighted by Crippen LogP contribution is -2.29. The Morgan fingerprint density at radius 2 is 2.20 bits per heavy atom. The molecule has 0 spiro atoms. The average Bonchev–Trinajstić information content (AvgIpc) is 2.40. The average molecular weight is 278 g/mol. The molecular formula is C13H11FN2O4. The first-order valence-corrected chi connectivity index (χ1v) is 5.49. The molecule has 20 heavy (non-hydrogen) atoms. The Kier molecular flexibility index (Phi) is 5.72. The number of hydrogen-bond donors (Lipinski definition) is 2. The van der Waals surface area contributed by atoms with Crippen LogP contribution in [-0.2, 0) is 9.59 Å². The van der Waals surface area contributed by atoms with Gasteiger partial charge in [0.05, 0.1) is 6.07 Å². The van der Waals surface area contributed by atoms with E-state index in [1.165, 1.54) is 12.1 Å². The number of nitriles is 1. The van der Waals surface area contributed by atoms with Crippen molar-refractivity contribution >= 4 is 18.0 Å². The highest BCUT2D eigenvalue weighted by Gasteiger charge is 2.04. The van der Waals surface area contributed by atoms with Gasteiger partial charge in [0, 0.05) is 12.1 Å². The van der Waals surface area contributed by atoms with E-state index in [1.807, 2.05) is 0 Å². The van der Waals surface area contributed by atoms with E-state index in [0.717, 1.165) is 18.2 Å². The third-order valence-electron chi connectivity index (χ3n) is 2.05. The molecule has 0 unspecified atom stereocenters. The van der Waals surface area contributed by atoms with Gasteiger partial charge in [-0.1, -0.05) is 0 Å². The Morgan fingerprint density at radius 1 is 1.45 bits per heavy atom. The Balaban J connectivity index is 2.69. The van der Waals surface area contributed by atoms with E-state index in [0.29, 0.717) is 5.56 Å². The largest absolute Gasteiger partial charge is 0.484 e. The minimum absolute atomic E-state index is 0.0853. The van der Waals surface area contributed by atoms with E-state index >= 15 is 0 Å². The quantitative estimate of drug-likeness (QED) is 0.596. The van der Waals surface area contributed by atoms with Gasteiger partial charge in [-0.25, -0.2) is 9.18 Å². The van der Waals surface area contributed by atoms with E-state index in [4.69, 9.17) is 15.1 Å². The highest BCUT2D eigenvalue weighted by Crippen LogP contribution is 2.17. The van der Waals surface area contributed by atoms with Crippen LogP contribution in [0.5, 0.6) is 5.75 Å². The summed E-state index contributed by atoms with van der Waals surface area (Å²) in [5.74, 6) is -2.21. The van der Waals surface area contributed by atoms with Crippen molar-refractivity contribution in [1.82, 2.24) is 5.32 Å². The first-order valence-electron chi connectivity index (χ1n) is 5.49. The SMILES string of the molecule is N#CCNC(=O)COc1cc(F)cc(/C=C/C(=O)O)c1. The van der Waals surface area contributed by atoms with Crippen molar-refractivity contribution in [3.63, 3.8) is 0 Å². The Labute approximate surface area is 114 Å². The highest BCUT2D eigenvalue weighted by molar-refractivity contribution is 5.85. The molecule has 0 saturated heterocycles. The molecule has 104 valence electrons. The second kappa shape index (κ2) is 7.53. The molecule has 1 amide bonds. The van der Waals surface area contributed by atoms with Crippen molar-refractivity contribution in [3.05, 3.63) is 35.7 Å². The summed E-state index contributed by atoms with van der Waals surface area (Å²) in [7, 11) is 0. The van der Waals surface area contributed by atoms with E-state index in [9.17, 15) is 14.0 Å². The molecular weight excluding hydrogens is 267 g/mol. The van der Waals surface area contributed by atoms with Gasteiger partial charge in [0.15, 0.2) is 6.61 Å². The summed E-state index contributed by atoms with van der Waals surface area (Å²) in [4.78, 5) is 21.6. The van der Waals surface area contributed by atoms with Crippen molar-refractivity contribution in [3.8, 4) is 11.8 Å². The lowest BCUT2D eigenvalue weighted by Gasteiger charge is -2.06. The van der Waals surface area contributed by atoms with Crippen LogP contribution in [0.2, 0.25) is 0 Å². The third-order valence-corrected chi connectivity index (χ3v) is 2.05. The van der Waals surface area contributed by atoms with Gasteiger partial charge in [0.25, 0.3) is 5.91 Å². The number of benzene rings is 1. The van der Waals surface area contributed by atoms with Gasteiger partial charge in [-0.15, -0.1) is 0 Å². The lowest BCUT2D eigenvalue weighted by atomic mass is 10.2. The maximum atomic E-state index is 13.3. The summed E-state index contributed by atoms with van der Waals surface area (Å²) in [5.41, 5.74) is 0.292. The van der Waals surface area contributed by atoms with Crippen LogP contribution in [0.3, 0.4) is 0 Å². The van der Waals surface area contributed by atoms with Crippen molar-refractivity contribution in [2.24, 2.45) is 0 Å². The number of nitrogens with zero attached hydrogens (tertiary/aromatic N) is 1. The zero-order valence-corrected chi connectivity index (χ0v) is 10.3. The summed E-state index contributed by atoms with van der Waals surface area (Å²) < 4.78 is 18.3. The molecule has 0 aliphatic rings. The molecule has 0 radical (unpaired) electrons. The summed E-state index contributed by atoms with van der Waals surface area (Å²) in [5, 5.41) is 19.0. The number of carbonyl (C=O) groups excluding carboxylic acids is 1. The molecule has 6 nitrogen and oxygen atoms in total. The molecule has 0 aromatic heterocycles. The summed E-state index contributed by atoms with van der Waals surface area (Å²) in [6.07, 6.45) is 2.06. The Morgan fingerprint density at radius 3 is 2.85 bits per heavy atom. The van der Waals surface area contributed by atoms with Crippen LogP contribution < -0.4 is 10.1 Å². The number of halogens is 1.